The number of fused-ring (bicyclic) bond motifs is 5. The van der Waals surface area contributed by atoms with Gasteiger partial charge in [-0.25, -0.2) is 0 Å². The Bertz CT molecular complexity index is 1150. The zero-order valence-corrected chi connectivity index (χ0v) is 20.9. The fraction of sp³-hybridized carbons (Fsp3) is 0.643. The van der Waals surface area contributed by atoms with Gasteiger partial charge >= 0.3 is 0 Å². The van der Waals surface area contributed by atoms with E-state index in [2.05, 4.69) is 0 Å². The number of ketones is 2. The molecule has 8 nitrogen and oxygen atoms in total. The molecule has 3 unspecified atom stereocenters. The molecule has 1 aromatic rings. The number of hydrogen-bond donors (Lipinski definition) is 6. The summed E-state index contributed by atoms with van der Waals surface area (Å²) in [5.41, 5.74) is -13.9. The van der Waals surface area contributed by atoms with E-state index in [4.69, 9.17) is 0 Å². The fourth-order valence-corrected chi connectivity index (χ4v) is 8.45. The molecular formula is C28H36O8. The van der Waals surface area contributed by atoms with Crippen LogP contribution in [0.5, 0.6) is 0 Å². The lowest BCUT2D eigenvalue weighted by molar-refractivity contribution is -0.329. The van der Waals surface area contributed by atoms with E-state index < -0.39 is 68.8 Å². The first-order valence-electron chi connectivity index (χ1n) is 12.7. The second-order valence-electron chi connectivity index (χ2n) is 12.1. The first kappa shape index (κ1) is 25.7. The number of carbonyl (C=O) groups excluding carboxylic acids is 2. The Morgan fingerprint density at radius 2 is 1.50 bits per heavy atom. The topological polar surface area (TPSA) is 156 Å². The van der Waals surface area contributed by atoms with Crippen molar-refractivity contribution in [1.29, 1.82) is 0 Å². The van der Waals surface area contributed by atoms with Gasteiger partial charge < -0.3 is 30.6 Å². The lowest BCUT2D eigenvalue weighted by Crippen LogP contribution is -2.84. The number of rotatable bonds is 3. The van der Waals surface area contributed by atoms with Crippen LogP contribution in [0.15, 0.2) is 42.5 Å². The summed E-state index contributed by atoms with van der Waals surface area (Å²) in [5, 5.41) is 71.0. The minimum atomic E-state index is -2.47. The number of carbonyl (C=O) groups is 2. The summed E-state index contributed by atoms with van der Waals surface area (Å²) in [7, 11) is 0. The van der Waals surface area contributed by atoms with Crippen molar-refractivity contribution in [2.24, 2.45) is 16.7 Å². The van der Waals surface area contributed by atoms with Gasteiger partial charge in [0.1, 0.15) is 22.4 Å². The Morgan fingerprint density at radius 1 is 0.861 bits per heavy atom. The predicted molar refractivity (Wildman–Crippen MR) is 129 cm³/mol. The second kappa shape index (κ2) is 7.34. The lowest BCUT2D eigenvalue weighted by atomic mass is 9.37. The Hall–Kier alpha value is -1.94. The molecule has 0 aromatic heterocycles. The molecule has 0 radical (unpaired) electrons. The van der Waals surface area contributed by atoms with Crippen molar-refractivity contribution in [3.8, 4) is 0 Å². The molecule has 0 spiro atoms. The first-order chi connectivity index (χ1) is 16.6. The molecule has 0 heterocycles. The van der Waals surface area contributed by atoms with E-state index in [9.17, 15) is 40.2 Å². The van der Waals surface area contributed by atoms with Gasteiger partial charge in [-0.15, -0.1) is 0 Å². The van der Waals surface area contributed by atoms with Gasteiger partial charge in [0, 0.05) is 23.3 Å². The average molecular weight is 501 g/mol. The zero-order chi connectivity index (χ0) is 26.6. The molecule has 9 atom stereocenters. The van der Waals surface area contributed by atoms with E-state index in [-0.39, 0.29) is 31.2 Å². The van der Waals surface area contributed by atoms with E-state index >= 15 is 0 Å². The number of benzene rings is 1. The molecule has 0 saturated heterocycles. The maximum atomic E-state index is 14.1. The molecule has 36 heavy (non-hydrogen) atoms. The quantitative estimate of drug-likeness (QED) is 0.266. The standard InChI is InChI=1S/C28H36O8/c1-17(29)25(33)13-14-28(36)23(25,3)27(35,21(31)18-7-5-4-6-8-18)16-20-22(2)10-9-19(30)15-24(22,32)11-12-26(20,28)34/h4-8,11-12,19-20,30,32-36H,9-10,13-16H2,1-3H3/t19?,20-,22-,23+,24?,25+,26+,27?,28+/m1/s1. The normalized spacial score (nSPS) is 51.7. The molecule has 0 aliphatic heterocycles. The highest BCUT2D eigenvalue weighted by Gasteiger charge is 2.86. The highest BCUT2D eigenvalue weighted by Crippen LogP contribution is 2.73. The summed E-state index contributed by atoms with van der Waals surface area (Å²) in [6, 6.07) is 7.99. The molecule has 6 N–H and O–H groups in total. The van der Waals surface area contributed by atoms with Crippen molar-refractivity contribution in [1.82, 2.24) is 0 Å². The van der Waals surface area contributed by atoms with Crippen LogP contribution in [0.4, 0.5) is 0 Å². The highest BCUT2D eigenvalue weighted by molar-refractivity contribution is 6.04. The maximum absolute atomic E-state index is 14.1. The van der Waals surface area contributed by atoms with Crippen LogP contribution in [0.25, 0.3) is 0 Å². The molecule has 196 valence electrons. The van der Waals surface area contributed by atoms with Crippen LogP contribution < -0.4 is 0 Å². The van der Waals surface area contributed by atoms with Crippen LogP contribution in [0.1, 0.15) is 69.7 Å². The van der Waals surface area contributed by atoms with E-state index in [1.165, 1.54) is 31.2 Å². The summed E-state index contributed by atoms with van der Waals surface area (Å²) in [6.45, 7) is 4.21. The second-order valence-corrected chi connectivity index (χ2v) is 12.1. The summed E-state index contributed by atoms with van der Waals surface area (Å²) >= 11 is 0. The van der Waals surface area contributed by atoms with Gasteiger partial charge in [0.15, 0.2) is 11.6 Å². The molecule has 4 aliphatic carbocycles. The largest absolute Gasteiger partial charge is 0.393 e. The third-order valence-electron chi connectivity index (χ3n) is 10.9. The fourth-order valence-electron chi connectivity index (χ4n) is 8.45. The number of Topliss-reactive ketones (excluding diaryl/α,β-unsaturated/α-hetero) is 2. The summed E-state index contributed by atoms with van der Waals surface area (Å²) in [5.74, 6) is -2.52. The Balaban J connectivity index is 1.80. The predicted octanol–water partition coefficient (Wildman–Crippen LogP) is 1.05. The van der Waals surface area contributed by atoms with E-state index in [1.54, 1.807) is 25.1 Å². The molecule has 8 heteroatoms. The van der Waals surface area contributed by atoms with Gasteiger partial charge in [0.05, 0.1) is 17.1 Å². The maximum Gasteiger partial charge on any atom is 0.195 e. The molecule has 1 aromatic carbocycles. The van der Waals surface area contributed by atoms with E-state index in [0.717, 1.165) is 6.92 Å². The smallest absolute Gasteiger partial charge is 0.195 e. The molecular weight excluding hydrogens is 464 g/mol. The van der Waals surface area contributed by atoms with Gasteiger partial charge in [-0.2, -0.15) is 0 Å². The monoisotopic (exact) mass is 500 g/mol. The van der Waals surface area contributed by atoms with Crippen LogP contribution >= 0.6 is 0 Å². The third-order valence-corrected chi connectivity index (χ3v) is 10.9. The van der Waals surface area contributed by atoms with E-state index in [0.29, 0.717) is 6.42 Å². The Morgan fingerprint density at radius 3 is 2.11 bits per heavy atom. The Labute approximate surface area is 210 Å². The van der Waals surface area contributed by atoms with Crippen molar-refractivity contribution in [3.05, 3.63) is 48.0 Å². The molecule has 5 rings (SSSR count). The van der Waals surface area contributed by atoms with Gasteiger partial charge in [0.2, 0.25) is 0 Å². The van der Waals surface area contributed by atoms with Crippen molar-refractivity contribution in [2.75, 3.05) is 0 Å². The Kier molecular flexibility index (Phi) is 5.24. The van der Waals surface area contributed by atoms with Gasteiger partial charge in [-0.3, -0.25) is 9.59 Å². The van der Waals surface area contributed by atoms with Gasteiger partial charge in [-0.05, 0) is 39.0 Å². The summed E-state index contributed by atoms with van der Waals surface area (Å²) in [4.78, 5) is 27.0. The van der Waals surface area contributed by atoms with E-state index in [1.807, 2.05) is 0 Å². The zero-order valence-electron chi connectivity index (χ0n) is 20.9. The third kappa shape index (κ3) is 2.60. The van der Waals surface area contributed by atoms with Crippen molar-refractivity contribution < 1.29 is 40.2 Å². The van der Waals surface area contributed by atoms with Crippen LogP contribution in [0, 0.1) is 16.7 Å². The average Bonchev–Trinajstić information content (AvgIpc) is 3.07. The van der Waals surface area contributed by atoms with Gasteiger partial charge in [0.25, 0.3) is 0 Å². The minimum absolute atomic E-state index is 0.00468. The van der Waals surface area contributed by atoms with Crippen molar-refractivity contribution in [2.45, 2.75) is 93.4 Å². The first-order valence-corrected chi connectivity index (χ1v) is 12.7. The molecule has 0 amide bonds. The SMILES string of the molecule is CC(=O)[C@@]1(O)CC[C@]2(O)[C@]1(C)C(O)(C(=O)c1ccccc1)C[C@@H]1[C@@]3(C)CCC(O)CC3(O)C=C[C@]12O. The van der Waals surface area contributed by atoms with Crippen LogP contribution in [0.3, 0.4) is 0 Å². The molecule has 3 saturated carbocycles. The summed E-state index contributed by atoms with van der Waals surface area (Å²) < 4.78 is 0. The minimum Gasteiger partial charge on any atom is -0.393 e. The van der Waals surface area contributed by atoms with Crippen LogP contribution in [-0.2, 0) is 4.79 Å². The molecule has 4 aliphatic rings. The van der Waals surface area contributed by atoms with Crippen LogP contribution in [-0.4, -0.2) is 76.3 Å². The number of aliphatic hydroxyl groups is 6. The summed E-state index contributed by atoms with van der Waals surface area (Å²) in [6.07, 6.45) is 1.61. The lowest BCUT2D eigenvalue weighted by Gasteiger charge is -2.70. The van der Waals surface area contributed by atoms with Crippen molar-refractivity contribution >= 4 is 11.6 Å². The highest BCUT2D eigenvalue weighted by atomic mass is 16.4. The molecule has 0 bridgehead atoms. The van der Waals surface area contributed by atoms with Crippen molar-refractivity contribution in [3.63, 3.8) is 0 Å². The van der Waals surface area contributed by atoms with Crippen LogP contribution in [0.2, 0.25) is 0 Å². The number of hydrogen-bond acceptors (Lipinski definition) is 8. The van der Waals surface area contributed by atoms with Gasteiger partial charge in [-0.1, -0.05) is 56.3 Å². The molecule has 3 fully saturated rings. The number of aliphatic hydroxyl groups excluding tert-OH is 1.